The molecule has 0 aliphatic carbocycles. The summed E-state index contributed by atoms with van der Waals surface area (Å²) in [5.41, 5.74) is 3.05. The molecule has 0 unspecified atom stereocenters. The SMILES string of the molecule is COc1ccc([C@H]2[C@H](C(=O)NCCCN3CCN(c4cccc(Cl)c4)CC3)c3cc(OC)c(OC)cc3C(=O)N2C)cc1. The summed E-state index contributed by atoms with van der Waals surface area (Å²) in [6.45, 7) is 5.17. The Bertz CT molecular complexity index is 1440. The van der Waals surface area contributed by atoms with Crippen molar-refractivity contribution < 1.29 is 23.8 Å². The fourth-order valence-electron chi connectivity index (χ4n) is 6.08. The van der Waals surface area contributed by atoms with Crippen molar-refractivity contribution in [2.75, 3.05) is 72.5 Å². The predicted molar refractivity (Wildman–Crippen MR) is 168 cm³/mol. The van der Waals surface area contributed by atoms with E-state index in [1.807, 2.05) is 42.5 Å². The number of hydrogen-bond donors (Lipinski definition) is 1. The van der Waals surface area contributed by atoms with Crippen molar-refractivity contribution >= 4 is 29.1 Å². The van der Waals surface area contributed by atoms with Gasteiger partial charge in [0.25, 0.3) is 5.91 Å². The molecule has 2 aliphatic heterocycles. The van der Waals surface area contributed by atoms with Crippen LogP contribution in [0.15, 0.2) is 60.7 Å². The Kier molecular flexibility index (Phi) is 9.62. The van der Waals surface area contributed by atoms with E-state index in [0.717, 1.165) is 55.4 Å². The first-order chi connectivity index (χ1) is 20.8. The van der Waals surface area contributed by atoms with Crippen LogP contribution >= 0.6 is 11.6 Å². The number of fused-ring (bicyclic) bond motifs is 1. The molecule has 0 radical (unpaired) electrons. The number of halogens is 1. The van der Waals surface area contributed by atoms with Crippen molar-refractivity contribution in [3.05, 3.63) is 82.4 Å². The summed E-state index contributed by atoms with van der Waals surface area (Å²) in [7, 11) is 6.42. The number of hydrogen-bond acceptors (Lipinski definition) is 7. The lowest BCUT2D eigenvalue weighted by Crippen LogP contribution is -2.47. The second kappa shape index (κ2) is 13.6. The van der Waals surface area contributed by atoms with E-state index in [1.54, 1.807) is 38.3 Å². The molecule has 2 atom stereocenters. The van der Waals surface area contributed by atoms with Crippen LogP contribution in [0, 0.1) is 0 Å². The van der Waals surface area contributed by atoms with Crippen LogP contribution in [0.25, 0.3) is 0 Å². The molecule has 2 heterocycles. The molecule has 1 fully saturated rings. The number of nitrogens with one attached hydrogen (secondary N) is 1. The molecule has 9 nitrogen and oxygen atoms in total. The average molecular weight is 607 g/mol. The minimum atomic E-state index is -0.646. The molecule has 0 spiro atoms. The lowest BCUT2D eigenvalue weighted by atomic mass is 9.79. The van der Waals surface area contributed by atoms with Gasteiger partial charge in [0.2, 0.25) is 5.91 Å². The van der Waals surface area contributed by atoms with Gasteiger partial charge >= 0.3 is 0 Å². The van der Waals surface area contributed by atoms with Crippen molar-refractivity contribution in [3.8, 4) is 17.2 Å². The van der Waals surface area contributed by atoms with Crippen LogP contribution in [-0.4, -0.2) is 89.3 Å². The van der Waals surface area contributed by atoms with Gasteiger partial charge in [-0.15, -0.1) is 0 Å². The Hall–Kier alpha value is -3.95. The van der Waals surface area contributed by atoms with Crippen molar-refractivity contribution in [3.63, 3.8) is 0 Å². The van der Waals surface area contributed by atoms with Crippen molar-refractivity contribution in [2.24, 2.45) is 0 Å². The van der Waals surface area contributed by atoms with Crippen LogP contribution in [0.5, 0.6) is 17.2 Å². The quantitative estimate of drug-likeness (QED) is 0.338. The van der Waals surface area contributed by atoms with Crippen LogP contribution in [0.1, 0.15) is 39.9 Å². The number of anilines is 1. The van der Waals surface area contributed by atoms with Gasteiger partial charge in [0.15, 0.2) is 11.5 Å². The highest BCUT2D eigenvalue weighted by atomic mass is 35.5. The summed E-state index contributed by atoms with van der Waals surface area (Å²) < 4.78 is 16.4. The Labute approximate surface area is 258 Å². The molecular formula is C33H39ClN4O5. The minimum absolute atomic E-state index is 0.139. The predicted octanol–water partition coefficient (Wildman–Crippen LogP) is 4.60. The molecule has 43 heavy (non-hydrogen) atoms. The lowest BCUT2D eigenvalue weighted by molar-refractivity contribution is -0.124. The standard InChI is InChI=1S/C33H39ClN4O5/c1-36-31(22-9-11-25(41-2)12-10-22)30(26-20-28(42-3)29(43-4)21-27(26)33(36)40)32(39)35-13-6-14-37-15-17-38(18-16-37)24-8-5-7-23(34)19-24/h5,7-12,19-21,30-31H,6,13-18H2,1-4H3,(H,35,39)/t30-,31+/m1/s1. The van der Waals surface area contributed by atoms with E-state index in [0.29, 0.717) is 34.9 Å². The highest BCUT2D eigenvalue weighted by molar-refractivity contribution is 6.30. The van der Waals surface area contributed by atoms with Gasteiger partial charge in [-0.1, -0.05) is 29.8 Å². The molecule has 10 heteroatoms. The molecular weight excluding hydrogens is 568 g/mol. The number of carbonyl (C=O) groups is 2. The third-order valence-corrected chi connectivity index (χ3v) is 8.65. The average Bonchev–Trinajstić information content (AvgIpc) is 3.04. The summed E-state index contributed by atoms with van der Waals surface area (Å²) in [6.07, 6.45) is 0.816. The first kappa shape index (κ1) is 30.5. The van der Waals surface area contributed by atoms with E-state index in [-0.39, 0.29) is 11.8 Å². The van der Waals surface area contributed by atoms with Gasteiger partial charge in [-0.3, -0.25) is 14.5 Å². The Balaban J connectivity index is 1.29. The largest absolute Gasteiger partial charge is 0.497 e. The van der Waals surface area contributed by atoms with E-state index in [9.17, 15) is 9.59 Å². The second-order valence-electron chi connectivity index (χ2n) is 10.9. The molecule has 2 amide bonds. The maximum Gasteiger partial charge on any atom is 0.254 e. The number of methoxy groups -OCH3 is 3. The van der Waals surface area contributed by atoms with Crippen molar-refractivity contribution in [1.82, 2.24) is 15.1 Å². The molecule has 5 rings (SSSR count). The summed E-state index contributed by atoms with van der Waals surface area (Å²) >= 11 is 6.18. The lowest BCUT2D eigenvalue weighted by Gasteiger charge is -2.40. The molecule has 3 aromatic rings. The number of likely N-dealkylation sites (N-methyl/N-ethyl adjacent to an activating group) is 1. The summed E-state index contributed by atoms with van der Waals surface area (Å²) in [5.74, 6) is 0.654. The van der Waals surface area contributed by atoms with Gasteiger partial charge in [-0.05, 0) is 66.6 Å². The topological polar surface area (TPSA) is 83.6 Å². The third-order valence-electron chi connectivity index (χ3n) is 8.41. The number of benzene rings is 3. The Morgan fingerprint density at radius 2 is 1.63 bits per heavy atom. The van der Waals surface area contributed by atoms with Crippen LogP contribution in [-0.2, 0) is 4.79 Å². The fourth-order valence-corrected chi connectivity index (χ4v) is 6.26. The van der Waals surface area contributed by atoms with Gasteiger partial charge in [0.05, 0.1) is 33.3 Å². The highest BCUT2D eigenvalue weighted by Crippen LogP contribution is 2.45. The zero-order valence-corrected chi connectivity index (χ0v) is 25.9. The highest BCUT2D eigenvalue weighted by Gasteiger charge is 2.43. The molecule has 0 aromatic heterocycles. The second-order valence-corrected chi connectivity index (χ2v) is 11.3. The van der Waals surface area contributed by atoms with Crippen LogP contribution in [0.2, 0.25) is 5.02 Å². The third kappa shape index (κ3) is 6.53. The zero-order chi connectivity index (χ0) is 30.5. The smallest absolute Gasteiger partial charge is 0.254 e. The number of piperazine rings is 1. The zero-order valence-electron chi connectivity index (χ0n) is 25.1. The summed E-state index contributed by atoms with van der Waals surface area (Å²) in [6, 6.07) is 18.4. The molecule has 0 bridgehead atoms. The maximum atomic E-state index is 14.0. The van der Waals surface area contributed by atoms with Gasteiger partial charge in [-0.2, -0.15) is 0 Å². The van der Waals surface area contributed by atoms with Crippen LogP contribution < -0.4 is 24.4 Å². The van der Waals surface area contributed by atoms with E-state index in [1.165, 1.54) is 7.11 Å². The van der Waals surface area contributed by atoms with Crippen LogP contribution in [0.3, 0.4) is 0 Å². The number of amides is 2. The number of carbonyl (C=O) groups excluding carboxylic acids is 2. The summed E-state index contributed by atoms with van der Waals surface area (Å²) in [4.78, 5) is 34.0. The molecule has 1 saturated heterocycles. The maximum absolute atomic E-state index is 14.0. The fraction of sp³-hybridized carbons (Fsp3) is 0.394. The van der Waals surface area contributed by atoms with E-state index in [4.69, 9.17) is 25.8 Å². The van der Waals surface area contributed by atoms with Crippen molar-refractivity contribution in [1.29, 1.82) is 0 Å². The molecule has 0 saturated carbocycles. The first-order valence-corrected chi connectivity index (χ1v) is 14.9. The molecule has 3 aromatic carbocycles. The number of nitrogens with zero attached hydrogens (tertiary/aromatic N) is 3. The Morgan fingerprint density at radius 3 is 2.28 bits per heavy atom. The van der Waals surface area contributed by atoms with Gasteiger partial charge < -0.3 is 29.3 Å². The van der Waals surface area contributed by atoms with Gasteiger partial charge in [0.1, 0.15) is 5.75 Å². The van der Waals surface area contributed by atoms with Gasteiger partial charge in [-0.25, -0.2) is 0 Å². The van der Waals surface area contributed by atoms with E-state index >= 15 is 0 Å². The van der Waals surface area contributed by atoms with E-state index < -0.39 is 12.0 Å². The molecule has 228 valence electrons. The first-order valence-electron chi connectivity index (χ1n) is 14.5. The van der Waals surface area contributed by atoms with Gasteiger partial charge in [0, 0.05) is 56.0 Å². The Morgan fingerprint density at radius 1 is 0.930 bits per heavy atom. The minimum Gasteiger partial charge on any atom is -0.497 e. The van der Waals surface area contributed by atoms with Crippen molar-refractivity contribution in [2.45, 2.75) is 18.4 Å². The number of ether oxygens (including phenoxy) is 3. The molecule has 2 aliphatic rings. The summed E-state index contributed by atoms with van der Waals surface area (Å²) in [5, 5.41) is 3.92. The normalized spacial score (nSPS) is 18.7. The number of rotatable bonds is 10. The monoisotopic (exact) mass is 606 g/mol. The van der Waals surface area contributed by atoms with E-state index in [2.05, 4.69) is 21.2 Å². The molecule has 1 N–H and O–H groups in total. The van der Waals surface area contributed by atoms with Crippen LogP contribution in [0.4, 0.5) is 5.69 Å².